The van der Waals surface area contributed by atoms with E-state index in [0.29, 0.717) is 25.2 Å². The second kappa shape index (κ2) is 5.01. The van der Waals surface area contributed by atoms with Crippen molar-refractivity contribution in [1.82, 2.24) is 0 Å². The predicted octanol–water partition coefficient (Wildman–Crippen LogP) is 2.63. The molecule has 0 bridgehead atoms. The molecule has 1 aliphatic carbocycles. The maximum atomic E-state index is 12.0. The summed E-state index contributed by atoms with van der Waals surface area (Å²) in [5.74, 6) is 0.332. The summed E-state index contributed by atoms with van der Waals surface area (Å²) in [5.41, 5.74) is 8.27. The SMILES string of the molecule is Cc1ccc(CC(=O)CC2(CN)CCC2)cc1. The third kappa shape index (κ3) is 2.95. The van der Waals surface area contributed by atoms with Gasteiger partial charge in [-0.05, 0) is 37.3 Å². The molecule has 1 aromatic carbocycles. The van der Waals surface area contributed by atoms with Gasteiger partial charge in [-0.2, -0.15) is 0 Å². The van der Waals surface area contributed by atoms with Gasteiger partial charge in [-0.15, -0.1) is 0 Å². The first-order valence-electron chi connectivity index (χ1n) is 6.41. The molecule has 1 saturated carbocycles. The molecule has 2 heteroatoms. The van der Waals surface area contributed by atoms with Crippen molar-refractivity contribution < 1.29 is 4.79 Å². The normalized spacial score (nSPS) is 17.5. The fraction of sp³-hybridized carbons (Fsp3) is 0.533. The van der Waals surface area contributed by atoms with Gasteiger partial charge in [-0.25, -0.2) is 0 Å². The fourth-order valence-corrected chi connectivity index (χ4v) is 2.54. The van der Waals surface area contributed by atoms with Crippen molar-refractivity contribution >= 4 is 5.78 Å². The molecule has 0 spiro atoms. The number of carbonyl (C=O) groups excluding carboxylic acids is 1. The van der Waals surface area contributed by atoms with Crippen molar-refractivity contribution in [2.24, 2.45) is 11.1 Å². The van der Waals surface area contributed by atoms with E-state index in [-0.39, 0.29) is 5.41 Å². The maximum Gasteiger partial charge on any atom is 0.137 e. The van der Waals surface area contributed by atoms with Crippen molar-refractivity contribution in [2.45, 2.75) is 39.0 Å². The lowest BCUT2D eigenvalue weighted by atomic mass is 9.65. The van der Waals surface area contributed by atoms with E-state index in [0.717, 1.165) is 18.4 Å². The Morgan fingerprint density at radius 3 is 2.41 bits per heavy atom. The standard InChI is InChI=1S/C15H21NO/c1-12-3-5-13(6-4-12)9-14(17)10-15(11-16)7-2-8-15/h3-6H,2,7-11,16H2,1H3. The lowest BCUT2D eigenvalue weighted by molar-refractivity contribution is -0.122. The monoisotopic (exact) mass is 231 g/mol. The number of hydrogen-bond acceptors (Lipinski definition) is 2. The zero-order valence-corrected chi connectivity index (χ0v) is 10.5. The summed E-state index contributed by atoms with van der Waals surface area (Å²) in [6.07, 6.45) is 4.71. The quantitative estimate of drug-likeness (QED) is 0.846. The summed E-state index contributed by atoms with van der Waals surface area (Å²) in [7, 11) is 0. The lowest BCUT2D eigenvalue weighted by Crippen LogP contribution is -2.39. The maximum absolute atomic E-state index is 12.0. The Balaban J connectivity index is 1.91. The number of carbonyl (C=O) groups is 1. The molecule has 2 N–H and O–H groups in total. The molecule has 17 heavy (non-hydrogen) atoms. The number of benzene rings is 1. The summed E-state index contributed by atoms with van der Waals surface area (Å²) < 4.78 is 0. The zero-order chi connectivity index (χ0) is 12.3. The highest BCUT2D eigenvalue weighted by Gasteiger charge is 2.37. The van der Waals surface area contributed by atoms with Gasteiger partial charge < -0.3 is 5.73 Å². The molecule has 2 rings (SSSR count). The number of Topliss-reactive ketones (excluding diaryl/α,β-unsaturated/α-hetero) is 1. The Morgan fingerprint density at radius 2 is 1.94 bits per heavy atom. The Kier molecular flexibility index (Phi) is 3.63. The van der Waals surface area contributed by atoms with Gasteiger partial charge >= 0.3 is 0 Å². The van der Waals surface area contributed by atoms with Gasteiger partial charge in [-0.1, -0.05) is 36.2 Å². The molecule has 1 aromatic rings. The van der Waals surface area contributed by atoms with Crippen LogP contribution in [-0.4, -0.2) is 12.3 Å². The zero-order valence-electron chi connectivity index (χ0n) is 10.5. The van der Waals surface area contributed by atoms with E-state index in [4.69, 9.17) is 5.73 Å². The summed E-state index contributed by atoms with van der Waals surface area (Å²) >= 11 is 0. The third-order valence-corrected chi connectivity index (χ3v) is 3.94. The molecule has 0 radical (unpaired) electrons. The molecule has 92 valence electrons. The first kappa shape index (κ1) is 12.3. The average Bonchev–Trinajstić information content (AvgIpc) is 2.27. The Labute approximate surface area is 103 Å². The molecule has 2 nitrogen and oxygen atoms in total. The predicted molar refractivity (Wildman–Crippen MR) is 69.8 cm³/mol. The summed E-state index contributed by atoms with van der Waals surface area (Å²) in [6.45, 7) is 2.72. The number of rotatable bonds is 5. The average molecular weight is 231 g/mol. The molecule has 0 saturated heterocycles. The van der Waals surface area contributed by atoms with Gasteiger partial charge in [0.1, 0.15) is 5.78 Å². The first-order valence-corrected chi connectivity index (χ1v) is 6.41. The summed E-state index contributed by atoms with van der Waals surface area (Å²) in [6, 6.07) is 8.21. The van der Waals surface area contributed by atoms with Crippen molar-refractivity contribution in [3.8, 4) is 0 Å². The molecule has 0 heterocycles. The smallest absolute Gasteiger partial charge is 0.137 e. The van der Waals surface area contributed by atoms with Gasteiger partial charge in [-0.3, -0.25) is 4.79 Å². The molecule has 1 fully saturated rings. The topological polar surface area (TPSA) is 43.1 Å². The van der Waals surface area contributed by atoms with Gasteiger partial charge in [0.2, 0.25) is 0 Å². The van der Waals surface area contributed by atoms with Crippen LogP contribution in [0.5, 0.6) is 0 Å². The van der Waals surface area contributed by atoms with Crippen molar-refractivity contribution in [1.29, 1.82) is 0 Å². The van der Waals surface area contributed by atoms with Crippen LogP contribution in [0.25, 0.3) is 0 Å². The Morgan fingerprint density at radius 1 is 1.29 bits per heavy atom. The summed E-state index contributed by atoms with van der Waals surface area (Å²) in [5, 5.41) is 0. The number of aryl methyl sites for hydroxylation is 1. The molecule has 0 aromatic heterocycles. The molecule has 0 atom stereocenters. The van der Waals surface area contributed by atoms with E-state index in [1.165, 1.54) is 12.0 Å². The fourth-order valence-electron chi connectivity index (χ4n) is 2.54. The second-order valence-corrected chi connectivity index (χ2v) is 5.44. The summed E-state index contributed by atoms with van der Waals surface area (Å²) in [4.78, 5) is 12.0. The number of ketones is 1. The van der Waals surface area contributed by atoms with Crippen LogP contribution in [0.1, 0.15) is 36.8 Å². The van der Waals surface area contributed by atoms with Crippen LogP contribution in [0.3, 0.4) is 0 Å². The second-order valence-electron chi connectivity index (χ2n) is 5.44. The highest BCUT2D eigenvalue weighted by Crippen LogP contribution is 2.43. The number of hydrogen-bond donors (Lipinski definition) is 1. The van der Waals surface area contributed by atoms with Crippen molar-refractivity contribution in [3.63, 3.8) is 0 Å². The van der Waals surface area contributed by atoms with E-state index in [2.05, 4.69) is 19.1 Å². The van der Waals surface area contributed by atoms with Crippen LogP contribution >= 0.6 is 0 Å². The van der Waals surface area contributed by atoms with Crippen LogP contribution in [-0.2, 0) is 11.2 Å². The lowest BCUT2D eigenvalue weighted by Gasteiger charge is -2.40. The molecular weight excluding hydrogens is 210 g/mol. The van der Waals surface area contributed by atoms with E-state index in [9.17, 15) is 4.79 Å². The molecular formula is C15H21NO. The van der Waals surface area contributed by atoms with Gasteiger partial charge in [0.15, 0.2) is 0 Å². The van der Waals surface area contributed by atoms with E-state index in [1.54, 1.807) is 0 Å². The van der Waals surface area contributed by atoms with Crippen LogP contribution in [0.15, 0.2) is 24.3 Å². The third-order valence-electron chi connectivity index (χ3n) is 3.94. The van der Waals surface area contributed by atoms with E-state index in [1.807, 2.05) is 12.1 Å². The molecule has 0 aliphatic heterocycles. The Bertz CT molecular complexity index is 384. The van der Waals surface area contributed by atoms with Crippen LogP contribution in [0, 0.1) is 12.3 Å². The highest BCUT2D eigenvalue weighted by atomic mass is 16.1. The molecule has 1 aliphatic rings. The number of nitrogens with two attached hydrogens (primary N) is 1. The van der Waals surface area contributed by atoms with Crippen LogP contribution in [0.2, 0.25) is 0 Å². The highest BCUT2D eigenvalue weighted by molar-refractivity contribution is 5.81. The minimum atomic E-state index is 0.141. The van der Waals surface area contributed by atoms with Crippen LogP contribution in [0.4, 0.5) is 0 Å². The Hall–Kier alpha value is -1.15. The van der Waals surface area contributed by atoms with Crippen LogP contribution < -0.4 is 5.73 Å². The van der Waals surface area contributed by atoms with E-state index >= 15 is 0 Å². The molecule has 0 amide bonds. The first-order chi connectivity index (χ1) is 8.13. The minimum Gasteiger partial charge on any atom is -0.330 e. The van der Waals surface area contributed by atoms with Gasteiger partial charge in [0, 0.05) is 12.8 Å². The van der Waals surface area contributed by atoms with Gasteiger partial charge in [0.25, 0.3) is 0 Å². The van der Waals surface area contributed by atoms with Gasteiger partial charge in [0.05, 0.1) is 0 Å². The molecule has 0 unspecified atom stereocenters. The van der Waals surface area contributed by atoms with Crippen molar-refractivity contribution in [3.05, 3.63) is 35.4 Å². The minimum absolute atomic E-state index is 0.141. The van der Waals surface area contributed by atoms with Crippen molar-refractivity contribution in [2.75, 3.05) is 6.54 Å². The largest absolute Gasteiger partial charge is 0.330 e. The van der Waals surface area contributed by atoms with E-state index < -0.39 is 0 Å².